The molecule has 0 unspecified atom stereocenters. The van der Waals surface area contributed by atoms with Gasteiger partial charge in [0.1, 0.15) is 0 Å². The van der Waals surface area contributed by atoms with Crippen LogP contribution in [0.4, 0.5) is 11.4 Å². The van der Waals surface area contributed by atoms with E-state index in [9.17, 15) is 9.59 Å². The van der Waals surface area contributed by atoms with Gasteiger partial charge in [0, 0.05) is 35.8 Å². The average molecular weight is 345 g/mol. The monoisotopic (exact) mass is 345 g/mol. The molecule has 2 N–H and O–H groups in total. The molecule has 1 heterocycles. The lowest BCUT2D eigenvalue weighted by atomic mass is 10.1. The first kappa shape index (κ1) is 17.4. The van der Waals surface area contributed by atoms with E-state index in [0.29, 0.717) is 29.8 Å². The smallest absolute Gasteiger partial charge is 0.255 e. The van der Waals surface area contributed by atoms with E-state index in [1.807, 2.05) is 30.3 Å². The summed E-state index contributed by atoms with van der Waals surface area (Å²) >= 11 is 0. The molecule has 1 aromatic heterocycles. The molecule has 2 aromatic carbocycles. The Labute approximate surface area is 152 Å². The molecule has 26 heavy (non-hydrogen) atoms. The molecule has 2 amide bonds. The van der Waals surface area contributed by atoms with Crippen LogP contribution in [-0.4, -0.2) is 16.8 Å². The summed E-state index contributed by atoms with van der Waals surface area (Å²) in [6.07, 6.45) is 4.22. The third-order valence-corrected chi connectivity index (χ3v) is 3.83. The van der Waals surface area contributed by atoms with E-state index in [4.69, 9.17) is 0 Å². The quantitative estimate of drug-likeness (QED) is 0.712. The Morgan fingerprint density at radius 3 is 2.23 bits per heavy atom. The van der Waals surface area contributed by atoms with E-state index in [1.165, 1.54) is 0 Å². The Balaban J connectivity index is 1.57. The zero-order valence-corrected chi connectivity index (χ0v) is 14.2. The summed E-state index contributed by atoms with van der Waals surface area (Å²) in [5, 5.41) is 5.68. The first-order valence-electron chi connectivity index (χ1n) is 8.36. The Kier molecular flexibility index (Phi) is 5.72. The molecule has 0 bridgehead atoms. The van der Waals surface area contributed by atoms with E-state index in [1.54, 1.807) is 48.8 Å². The Bertz CT molecular complexity index is 880. The molecule has 0 aliphatic heterocycles. The SMILES string of the molecule is O=C(CCc1ccccc1)Nc1cccc(NC(=O)c2ccncc2)c1. The van der Waals surface area contributed by atoms with Crippen molar-refractivity contribution in [1.82, 2.24) is 4.98 Å². The summed E-state index contributed by atoms with van der Waals surface area (Å²) in [4.78, 5) is 28.2. The van der Waals surface area contributed by atoms with Crippen LogP contribution >= 0.6 is 0 Å². The highest BCUT2D eigenvalue weighted by molar-refractivity contribution is 6.04. The highest BCUT2D eigenvalue weighted by atomic mass is 16.2. The molecule has 3 aromatic rings. The number of amides is 2. The van der Waals surface area contributed by atoms with Gasteiger partial charge in [0.05, 0.1) is 0 Å². The molecule has 0 spiro atoms. The van der Waals surface area contributed by atoms with Gasteiger partial charge in [0.2, 0.25) is 5.91 Å². The molecule has 0 atom stereocenters. The van der Waals surface area contributed by atoms with Gasteiger partial charge in [0.25, 0.3) is 5.91 Å². The van der Waals surface area contributed by atoms with Crippen molar-refractivity contribution in [2.24, 2.45) is 0 Å². The number of hydrogen-bond donors (Lipinski definition) is 2. The average Bonchev–Trinajstić information content (AvgIpc) is 2.68. The standard InChI is InChI=1S/C21H19N3O2/c25-20(10-9-16-5-2-1-3-6-16)23-18-7-4-8-19(15-18)24-21(26)17-11-13-22-14-12-17/h1-8,11-15H,9-10H2,(H,23,25)(H,24,26). The lowest BCUT2D eigenvalue weighted by Gasteiger charge is -2.09. The van der Waals surface area contributed by atoms with Crippen LogP contribution in [-0.2, 0) is 11.2 Å². The number of carbonyl (C=O) groups is 2. The third kappa shape index (κ3) is 5.01. The molecule has 0 radical (unpaired) electrons. The van der Waals surface area contributed by atoms with Crippen LogP contribution < -0.4 is 10.6 Å². The normalized spacial score (nSPS) is 10.2. The van der Waals surface area contributed by atoms with E-state index in [2.05, 4.69) is 15.6 Å². The van der Waals surface area contributed by atoms with Crippen molar-refractivity contribution in [3.8, 4) is 0 Å². The number of aromatic nitrogens is 1. The van der Waals surface area contributed by atoms with Gasteiger partial charge in [-0.25, -0.2) is 0 Å². The lowest BCUT2D eigenvalue weighted by molar-refractivity contribution is -0.116. The number of carbonyl (C=O) groups excluding carboxylic acids is 2. The molecule has 0 fully saturated rings. The summed E-state index contributed by atoms with van der Waals surface area (Å²) in [5.74, 6) is -0.286. The Morgan fingerprint density at radius 2 is 1.50 bits per heavy atom. The highest BCUT2D eigenvalue weighted by Gasteiger charge is 2.07. The van der Waals surface area contributed by atoms with Crippen LogP contribution in [0.2, 0.25) is 0 Å². The number of pyridine rings is 1. The minimum atomic E-state index is -0.222. The second kappa shape index (κ2) is 8.58. The molecule has 0 saturated heterocycles. The maximum atomic E-state index is 12.2. The second-order valence-electron chi connectivity index (χ2n) is 5.80. The van der Waals surface area contributed by atoms with E-state index in [-0.39, 0.29) is 11.8 Å². The van der Waals surface area contributed by atoms with Crippen molar-refractivity contribution in [2.45, 2.75) is 12.8 Å². The van der Waals surface area contributed by atoms with Crippen molar-refractivity contribution < 1.29 is 9.59 Å². The first-order chi connectivity index (χ1) is 12.7. The Morgan fingerprint density at radius 1 is 0.808 bits per heavy atom. The van der Waals surface area contributed by atoms with Gasteiger partial charge in [-0.1, -0.05) is 36.4 Å². The number of anilines is 2. The molecule has 0 aliphatic rings. The van der Waals surface area contributed by atoms with Crippen molar-refractivity contribution in [1.29, 1.82) is 0 Å². The van der Waals surface area contributed by atoms with Gasteiger partial charge in [-0.15, -0.1) is 0 Å². The number of nitrogens with one attached hydrogen (secondary N) is 2. The van der Waals surface area contributed by atoms with Crippen LogP contribution in [0, 0.1) is 0 Å². The molecular formula is C21H19N3O2. The summed E-state index contributed by atoms with van der Waals surface area (Å²) in [5.41, 5.74) is 2.92. The largest absolute Gasteiger partial charge is 0.326 e. The summed E-state index contributed by atoms with van der Waals surface area (Å²) in [7, 11) is 0. The zero-order chi connectivity index (χ0) is 18.2. The fourth-order valence-corrected chi connectivity index (χ4v) is 2.51. The number of benzene rings is 2. The van der Waals surface area contributed by atoms with Gasteiger partial charge in [-0.05, 0) is 42.3 Å². The van der Waals surface area contributed by atoms with Crippen LogP contribution in [0.1, 0.15) is 22.3 Å². The van der Waals surface area contributed by atoms with Crippen molar-refractivity contribution in [2.75, 3.05) is 10.6 Å². The van der Waals surface area contributed by atoms with Gasteiger partial charge < -0.3 is 10.6 Å². The fourth-order valence-electron chi connectivity index (χ4n) is 2.51. The Hall–Kier alpha value is -3.47. The lowest BCUT2D eigenvalue weighted by Crippen LogP contribution is -2.14. The molecular weight excluding hydrogens is 326 g/mol. The molecule has 0 saturated carbocycles. The highest BCUT2D eigenvalue weighted by Crippen LogP contribution is 2.16. The molecule has 0 aliphatic carbocycles. The van der Waals surface area contributed by atoms with Crippen LogP contribution in [0.3, 0.4) is 0 Å². The van der Waals surface area contributed by atoms with E-state index in [0.717, 1.165) is 5.56 Å². The van der Waals surface area contributed by atoms with Crippen LogP contribution in [0.15, 0.2) is 79.1 Å². The van der Waals surface area contributed by atoms with Crippen molar-refractivity contribution in [3.63, 3.8) is 0 Å². The van der Waals surface area contributed by atoms with Gasteiger partial charge in [-0.2, -0.15) is 0 Å². The predicted octanol–water partition coefficient (Wildman–Crippen LogP) is 3.91. The number of hydrogen-bond acceptors (Lipinski definition) is 3. The van der Waals surface area contributed by atoms with Gasteiger partial charge >= 0.3 is 0 Å². The first-order valence-corrected chi connectivity index (χ1v) is 8.36. The topological polar surface area (TPSA) is 71.1 Å². The molecule has 5 nitrogen and oxygen atoms in total. The van der Waals surface area contributed by atoms with E-state index < -0.39 is 0 Å². The number of rotatable bonds is 6. The van der Waals surface area contributed by atoms with Crippen molar-refractivity contribution in [3.05, 3.63) is 90.3 Å². The predicted molar refractivity (Wildman–Crippen MR) is 102 cm³/mol. The van der Waals surface area contributed by atoms with Gasteiger partial charge in [0.15, 0.2) is 0 Å². The van der Waals surface area contributed by atoms with Gasteiger partial charge in [-0.3, -0.25) is 14.6 Å². The number of nitrogens with zero attached hydrogens (tertiary/aromatic N) is 1. The summed E-state index contributed by atoms with van der Waals surface area (Å²) in [6, 6.07) is 20.3. The zero-order valence-electron chi connectivity index (χ0n) is 14.2. The fraction of sp³-hybridized carbons (Fsp3) is 0.0952. The summed E-state index contributed by atoms with van der Waals surface area (Å²) in [6.45, 7) is 0. The molecule has 130 valence electrons. The maximum absolute atomic E-state index is 12.2. The molecule has 3 rings (SSSR count). The minimum absolute atomic E-state index is 0.0635. The second-order valence-corrected chi connectivity index (χ2v) is 5.80. The maximum Gasteiger partial charge on any atom is 0.255 e. The summed E-state index contributed by atoms with van der Waals surface area (Å²) < 4.78 is 0. The minimum Gasteiger partial charge on any atom is -0.326 e. The van der Waals surface area contributed by atoms with Crippen LogP contribution in [0.5, 0.6) is 0 Å². The van der Waals surface area contributed by atoms with Crippen molar-refractivity contribution >= 4 is 23.2 Å². The molecule has 5 heteroatoms. The third-order valence-electron chi connectivity index (χ3n) is 3.83. The van der Waals surface area contributed by atoms with Crippen LogP contribution in [0.25, 0.3) is 0 Å². The number of aryl methyl sites for hydroxylation is 1. The van der Waals surface area contributed by atoms with E-state index >= 15 is 0 Å².